The summed E-state index contributed by atoms with van der Waals surface area (Å²) in [5.74, 6) is 0. The van der Waals surface area contributed by atoms with Crippen LogP contribution in [0, 0.1) is 0 Å². The van der Waals surface area contributed by atoms with Gasteiger partial charge in [0, 0.05) is 6.54 Å². The van der Waals surface area contributed by atoms with Crippen molar-refractivity contribution in [3.8, 4) is 0 Å². The first kappa shape index (κ1) is 16.3. The SMILES string of the molecule is CCN(C)CCO.CN(C)CCCN. The minimum absolute atomic E-state index is 0.268. The van der Waals surface area contributed by atoms with Crippen LogP contribution in [0.5, 0.6) is 0 Å². The van der Waals surface area contributed by atoms with Crippen molar-refractivity contribution in [3.05, 3.63) is 0 Å². The summed E-state index contributed by atoms with van der Waals surface area (Å²) in [5, 5.41) is 8.33. The summed E-state index contributed by atoms with van der Waals surface area (Å²) in [5.41, 5.74) is 5.25. The third kappa shape index (κ3) is 17.8. The Morgan fingerprint density at radius 1 is 1.14 bits per heavy atom. The van der Waals surface area contributed by atoms with Crippen LogP contribution in [0.3, 0.4) is 0 Å². The van der Waals surface area contributed by atoms with E-state index in [2.05, 4.69) is 30.8 Å². The zero-order valence-corrected chi connectivity index (χ0v) is 10.2. The lowest BCUT2D eigenvalue weighted by molar-refractivity contribution is 0.227. The highest BCUT2D eigenvalue weighted by Gasteiger charge is 1.87. The summed E-state index contributed by atoms with van der Waals surface area (Å²) in [6.45, 7) is 6.05. The van der Waals surface area contributed by atoms with Gasteiger partial charge >= 0.3 is 0 Å². The van der Waals surface area contributed by atoms with Crippen molar-refractivity contribution in [2.24, 2.45) is 5.73 Å². The Morgan fingerprint density at radius 3 is 1.86 bits per heavy atom. The fourth-order valence-corrected chi connectivity index (χ4v) is 0.736. The molecule has 0 atom stereocenters. The molecule has 88 valence electrons. The number of likely N-dealkylation sites (N-methyl/N-ethyl adjacent to an activating group) is 1. The van der Waals surface area contributed by atoms with Gasteiger partial charge in [0.2, 0.25) is 0 Å². The van der Waals surface area contributed by atoms with Gasteiger partial charge in [-0.05, 0) is 47.2 Å². The van der Waals surface area contributed by atoms with E-state index in [1.54, 1.807) is 0 Å². The molecular formula is C10H27N3O. The first-order chi connectivity index (χ1) is 6.58. The summed E-state index contributed by atoms with van der Waals surface area (Å²) in [6.07, 6.45) is 1.10. The Morgan fingerprint density at radius 2 is 1.71 bits per heavy atom. The zero-order chi connectivity index (χ0) is 11.4. The largest absolute Gasteiger partial charge is 0.395 e. The average Bonchev–Trinajstić information content (AvgIpc) is 2.16. The van der Waals surface area contributed by atoms with Crippen LogP contribution >= 0.6 is 0 Å². The van der Waals surface area contributed by atoms with E-state index in [1.807, 2.05) is 7.05 Å². The van der Waals surface area contributed by atoms with Crippen molar-refractivity contribution < 1.29 is 5.11 Å². The number of nitrogens with two attached hydrogens (primary N) is 1. The highest BCUT2D eigenvalue weighted by molar-refractivity contribution is 4.42. The second-order valence-electron chi connectivity index (χ2n) is 3.57. The van der Waals surface area contributed by atoms with Gasteiger partial charge in [0.15, 0.2) is 0 Å². The van der Waals surface area contributed by atoms with E-state index in [1.165, 1.54) is 0 Å². The Balaban J connectivity index is 0. The maximum Gasteiger partial charge on any atom is 0.0558 e. The van der Waals surface area contributed by atoms with Crippen molar-refractivity contribution >= 4 is 0 Å². The molecule has 0 unspecified atom stereocenters. The highest BCUT2D eigenvalue weighted by Crippen LogP contribution is 1.76. The molecule has 3 N–H and O–H groups in total. The average molecular weight is 205 g/mol. The normalized spacial score (nSPS) is 10.3. The van der Waals surface area contributed by atoms with Gasteiger partial charge in [-0.15, -0.1) is 0 Å². The first-order valence-electron chi connectivity index (χ1n) is 5.22. The van der Waals surface area contributed by atoms with E-state index < -0.39 is 0 Å². The lowest BCUT2D eigenvalue weighted by Crippen LogP contribution is -2.20. The summed E-state index contributed by atoms with van der Waals surface area (Å²) >= 11 is 0. The zero-order valence-electron chi connectivity index (χ0n) is 10.2. The van der Waals surface area contributed by atoms with Crippen LogP contribution in [0.4, 0.5) is 0 Å². The molecule has 0 bridgehead atoms. The number of hydrogen-bond donors (Lipinski definition) is 2. The van der Waals surface area contributed by atoms with Gasteiger partial charge in [-0.1, -0.05) is 6.92 Å². The van der Waals surface area contributed by atoms with Gasteiger partial charge in [-0.3, -0.25) is 0 Å². The lowest BCUT2D eigenvalue weighted by Gasteiger charge is -2.09. The Bertz CT molecular complexity index is 99.4. The molecule has 14 heavy (non-hydrogen) atoms. The molecule has 0 aliphatic heterocycles. The molecule has 0 aliphatic carbocycles. The molecule has 0 aromatic heterocycles. The quantitative estimate of drug-likeness (QED) is 0.632. The van der Waals surface area contributed by atoms with E-state index in [-0.39, 0.29) is 6.61 Å². The van der Waals surface area contributed by atoms with Gasteiger partial charge in [0.25, 0.3) is 0 Å². The highest BCUT2D eigenvalue weighted by atomic mass is 16.3. The van der Waals surface area contributed by atoms with E-state index in [4.69, 9.17) is 10.8 Å². The maximum atomic E-state index is 8.33. The lowest BCUT2D eigenvalue weighted by atomic mass is 10.4. The first-order valence-corrected chi connectivity index (χ1v) is 5.22. The molecule has 0 rings (SSSR count). The molecule has 0 spiro atoms. The molecule has 4 nitrogen and oxygen atoms in total. The fraction of sp³-hybridized carbons (Fsp3) is 1.00. The van der Waals surface area contributed by atoms with Crippen LogP contribution in [0.15, 0.2) is 0 Å². The number of nitrogens with zero attached hydrogens (tertiary/aromatic N) is 2. The molecule has 0 aromatic rings. The molecule has 0 saturated heterocycles. The number of aliphatic hydroxyl groups excluding tert-OH is 1. The smallest absolute Gasteiger partial charge is 0.0558 e. The molecule has 0 saturated carbocycles. The molecule has 0 amide bonds. The molecular weight excluding hydrogens is 178 g/mol. The third-order valence-electron chi connectivity index (χ3n) is 1.83. The van der Waals surface area contributed by atoms with Crippen LogP contribution < -0.4 is 5.73 Å². The summed E-state index contributed by atoms with van der Waals surface area (Å²) in [4.78, 5) is 4.19. The molecule has 4 heteroatoms. The Labute approximate surface area is 88.7 Å². The summed E-state index contributed by atoms with van der Waals surface area (Å²) in [6, 6.07) is 0. The van der Waals surface area contributed by atoms with Gasteiger partial charge in [-0.2, -0.15) is 0 Å². The summed E-state index contributed by atoms with van der Waals surface area (Å²) in [7, 11) is 6.08. The van der Waals surface area contributed by atoms with Crippen molar-refractivity contribution in [2.75, 3.05) is 53.9 Å². The standard InChI is InChI=1S/C5H14N2.C5H13NO/c1-7(2)5-3-4-6;1-3-6(2)4-5-7/h3-6H2,1-2H3;7H,3-5H2,1-2H3. The Kier molecular flexibility index (Phi) is 14.9. The second kappa shape index (κ2) is 12.8. The molecule has 0 radical (unpaired) electrons. The number of rotatable bonds is 6. The van der Waals surface area contributed by atoms with Crippen molar-refractivity contribution in [3.63, 3.8) is 0 Å². The molecule has 0 aliphatic rings. The fourth-order valence-electron chi connectivity index (χ4n) is 0.736. The maximum absolute atomic E-state index is 8.33. The van der Waals surface area contributed by atoms with Crippen LogP contribution in [0.1, 0.15) is 13.3 Å². The van der Waals surface area contributed by atoms with Gasteiger partial charge in [0.05, 0.1) is 6.61 Å². The van der Waals surface area contributed by atoms with Crippen molar-refractivity contribution in [1.82, 2.24) is 9.80 Å². The third-order valence-corrected chi connectivity index (χ3v) is 1.83. The van der Waals surface area contributed by atoms with Gasteiger partial charge in [0.1, 0.15) is 0 Å². The monoisotopic (exact) mass is 205 g/mol. The van der Waals surface area contributed by atoms with Crippen LogP contribution in [-0.4, -0.2) is 68.8 Å². The van der Waals surface area contributed by atoms with Crippen LogP contribution in [0.25, 0.3) is 0 Å². The van der Waals surface area contributed by atoms with Crippen molar-refractivity contribution in [2.45, 2.75) is 13.3 Å². The molecule has 0 fully saturated rings. The minimum Gasteiger partial charge on any atom is -0.395 e. The number of aliphatic hydroxyl groups is 1. The summed E-state index contributed by atoms with van der Waals surface area (Å²) < 4.78 is 0. The van der Waals surface area contributed by atoms with Crippen LogP contribution in [0.2, 0.25) is 0 Å². The second-order valence-corrected chi connectivity index (χ2v) is 3.57. The predicted molar refractivity (Wildman–Crippen MR) is 62.5 cm³/mol. The topological polar surface area (TPSA) is 52.7 Å². The van der Waals surface area contributed by atoms with E-state index in [0.717, 1.165) is 32.6 Å². The van der Waals surface area contributed by atoms with Gasteiger partial charge < -0.3 is 20.6 Å². The number of hydrogen-bond acceptors (Lipinski definition) is 4. The van der Waals surface area contributed by atoms with Crippen molar-refractivity contribution in [1.29, 1.82) is 0 Å². The van der Waals surface area contributed by atoms with E-state index in [9.17, 15) is 0 Å². The predicted octanol–water partition coefficient (Wildman–Crippen LogP) is -0.173. The van der Waals surface area contributed by atoms with E-state index in [0.29, 0.717) is 0 Å². The van der Waals surface area contributed by atoms with Crippen LogP contribution in [-0.2, 0) is 0 Å². The Hall–Kier alpha value is -0.160. The van der Waals surface area contributed by atoms with E-state index >= 15 is 0 Å². The minimum atomic E-state index is 0.268. The molecule has 0 heterocycles. The molecule has 0 aromatic carbocycles. The van der Waals surface area contributed by atoms with Gasteiger partial charge in [-0.25, -0.2) is 0 Å².